The highest BCUT2D eigenvalue weighted by atomic mass is 16.5. The molecule has 0 rings (SSSR count). The van der Waals surface area contributed by atoms with Crippen molar-refractivity contribution in [3.8, 4) is 0 Å². The molecule has 0 saturated carbocycles. The summed E-state index contributed by atoms with van der Waals surface area (Å²) in [6.45, 7) is 6.94. The Bertz CT molecular complexity index is 178. The van der Waals surface area contributed by atoms with Crippen LogP contribution in [0.15, 0.2) is 0 Å². The molecular weight excluding hydrogens is 204 g/mol. The molecule has 0 bridgehead atoms. The first-order valence-electron chi connectivity index (χ1n) is 6.36. The number of rotatable bonds is 9. The summed E-state index contributed by atoms with van der Waals surface area (Å²) in [6.07, 6.45) is 4.71. The SMILES string of the molecule is CCCCC(COC(=O)CCO)CC(C)C. The minimum absolute atomic E-state index is 0.113. The predicted molar refractivity (Wildman–Crippen MR) is 65.1 cm³/mol. The van der Waals surface area contributed by atoms with Gasteiger partial charge in [-0.3, -0.25) is 4.79 Å². The second kappa shape index (κ2) is 9.64. The zero-order valence-corrected chi connectivity index (χ0v) is 10.9. The molecule has 0 amide bonds. The van der Waals surface area contributed by atoms with Crippen molar-refractivity contribution >= 4 is 5.97 Å². The Morgan fingerprint density at radius 2 is 2.06 bits per heavy atom. The molecule has 96 valence electrons. The van der Waals surface area contributed by atoms with Crippen LogP contribution in [0.1, 0.15) is 52.9 Å². The largest absolute Gasteiger partial charge is 0.465 e. The third-order valence-corrected chi connectivity index (χ3v) is 2.57. The molecule has 3 heteroatoms. The van der Waals surface area contributed by atoms with E-state index in [1.807, 2.05) is 0 Å². The van der Waals surface area contributed by atoms with Crippen LogP contribution in [-0.4, -0.2) is 24.3 Å². The normalized spacial score (nSPS) is 12.8. The van der Waals surface area contributed by atoms with Crippen LogP contribution in [0.2, 0.25) is 0 Å². The van der Waals surface area contributed by atoms with Gasteiger partial charge in [0, 0.05) is 0 Å². The first kappa shape index (κ1) is 15.4. The maximum absolute atomic E-state index is 11.1. The number of aliphatic hydroxyl groups is 1. The molecule has 1 unspecified atom stereocenters. The van der Waals surface area contributed by atoms with Gasteiger partial charge < -0.3 is 9.84 Å². The van der Waals surface area contributed by atoms with Gasteiger partial charge in [-0.1, -0.05) is 33.6 Å². The fourth-order valence-electron chi connectivity index (χ4n) is 1.80. The highest BCUT2D eigenvalue weighted by Crippen LogP contribution is 2.18. The van der Waals surface area contributed by atoms with E-state index in [0.717, 1.165) is 12.8 Å². The van der Waals surface area contributed by atoms with Crippen molar-refractivity contribution in [2.75, 3.05) is 13.2 Å². The Morgan fingerprint density at radius 1 is 1.38 bits per heavy atom. The van der Waals surface area contributed by atoms with E-state index in [-0.39, 0.29) is 19.0 Å². The summed E-state index contributed by atoms with van der Waals surface area (Å²) in [4.78, 5) is 11.1. The van der Waals surface area contributed by atoms with E-state index in [4.69, 9.17) is 9.84 Å². The molecule has 0 heterocycles. The Kier molecular flexibility index (Phi) is 9.30. The second-order valence-corrected chi connectivity index (χ2v) is 4.79. The molecule has 0 aromatic rings. The third kappa shape index (κ3) is 8.72. The Balaban J connectivity index is 3.85. The Morgan fingerprint density at radius 3 is 2.56 bits per heavy atom. The molecule has 0 radical (unpaired) electrons. The number of carbonyl (C=O) groups excluding carboxylic acids is 1. The van der Waals surface area contributed by atoms with Crippen molar-refractivity contribution in [2.45, 2.75) is 52.9 Å². The minimum atomic E-state index is -0.284. The van der Waals surface area contributed by atoms with Crippen LogP contribution in [0, 0.1) is 11.8 Å². The van der Waals surface area contributed by atoms with Crippen LogP contribution in [-0.2, 0) is 9.53 Å². The average Bonchev–Trinajstić information content (AvgIpc) is 2.22. The highest BCUT2D eigenvalue weighted by Gasteiger charge is 2.13. The van der Waals surface area contributed by atoms with Crippen molar-refractivity contribution in [3.05, 3.63) is 0 Å². The van der Waals surface area contributed by atoms with Crippen molar-refractivity contribution in [2.24, 2.45) is 11.8 Å². The smallest absolute Gasteiger partial charge is 0.308 e. The summed E-state index contributed by atoms with van der Waals surface area (Å²) < 4.78 is 5.14. The Hall–Kier alpha value is -0.570. The molecule has 0 aliphatic rings. The quantitative estimate of drug-likeness (QED) is 0.619. The van der Waals surface area contributed by atoms with Gasteiger partial charge in [-0.2, -0.15) is 0 Å². The molecule has 1 atom stereocenters. The van der Waals surface area contributed by atoms with Crippen LogP contribution in [0.4, 0.5) is 0 Å². The summed E-state index contributed by atoms with van der Waals surface area (Å²) in [5, 5.41) is 8.59. The van der Waals surface area contributed by atoms with E-state index in [0.29, 0.717) is 18.4 Å². The summed E-state index contributed by atoms with van der Waals surface area (Å²) in [5.41, 5.74) is 0. The van der Waals surface area contributed by atoms with Gasteiger partial charge in [0.1, 0.15) is 0 Å². The molecule has 0 aliphatic carbocycles. The monoisotopic (exact) mass is 230 g/mol. The van der Waals surface area contributed by atoms with E-state index in [9.17, 15) is 4.79 Å². The van der Waals surface area contributed by atoms with Crippen LogP contribution in [0.5, 0.6) is 0 Å². The molecule has 0 fully saturated rings. The van der Waals surface area contributed by atoms with Gasteiger partial charge in [0.2, 0.25) is 0 Å². The number of hydrogen-bond acceptors (Lipinski definition) is 3. The van der Waals surface area contributed by atoms with Crippen LogP contribution in [0.25, 0.3) is 0 Å². The molecule has 3 nitrogen and oxygen atoms in total. The fraction of sp³-hybridized carbons (Fsp3) is 0.923. The first-order valence-corrected chi connectivity index (χ1v) is 6.36. The summed E-state index contributed by atoms with van der Waals surface area (Å²) in [7, 11) is 0. The van der Waals surface area contributed by atoms with Gasteiger partial charge in [0.15, 0.2) is 0 Å². The van der Waals surface area contributed by atoms with Crippen molar-refractivity contribution in [3.63, 3.8) is 0 Å². The molecule has 0 saturated heterocycles. The van der Waals surface area contributed by atoms with Gasteiger partial charge in [-0.25, -0.2) is 0 Å². The summed E-state index contributed by atoms with van der Waals surface area (Å²) in [5.74, 6) is 0.828. The lowest BCUT2D eigenvalue weighted by atomic mass is 9.93. The lowest BCUT2D eigenvalue weighted by Gasteiger charge is -2.18. The van der Waals surface area contributed by atoms with Gasteiger partial charge in [-0.05, 0) is 24.7 Å². The number of carbonyl (C=O) groups is 1. The number of aliphatic hydroxyl groups excluding tert-OH is 1. The van der Waals surface area contributed by atoms with Crippen LogP contribution < -0.4 is 0 Å². The zero-order valence-electron chi connectivity index (χ0n) is 10.9. The standard InChI is InChI=1S/C13H26O3/c1-4-5-6-12(9-11(2)3)10-16-13(15)7-8-14/h11-12,14H,4-10H2,1-3H3. The molecule has 16 heavy (non-hydrogen) atoms. The molecule has 0 aliphatic heterocycles. The molecule has 1 N–H and O–H groups in total. The zero-order chi connectivity index (χ0) is 12.4. The van der Waals surface area contributed by atoms with Gasteiger partial charge in [0.25, 0.3) is 0 Å². The lowest BCUT2D eigenvalue weighted by molar-refractivity contribution is -0.146. The van der Waals surface area contributed by atoms with Gasteiger partial charge in [0.05, 0.1) is 19.6 Å². The second-order valence-electron chi connectivity index (χ2n) is 4.79. The summed E-state index contributed by atoms with van der Waals surface area (Å²) in [6, 6.07) is 0. The van der Waals surface area contributed by atoms with E-state index < -0.39 is 0 Å². The number of ether oxygens (including phenoxy) is 1. The predicted octanol–water partition coefficient (Wildman–Crippen LogP) is 2.76. The van der Waals surface area contributed by atoms with Crippen molar-refractivity contribution in [1.82, 2.24) is 0 Å². The minimum Gasteiger partial charge on any atom is -0.465 e. The van der Waals surface area contributed by atoms with E-state index >= 15 is 0 Å². The third-order valence-electron chi connectivity index (χ3n) is 2.57. The molecular formula is C13H26O3. The first-order chi connectivity index (χ1) is 7.60. The molecule has 0 spiro atoms. The maximum atomic E-state index is 11.1. The number of unbranched alkanes of at least 4 members (excludes halogenated alkanes) is 1. The average molecular weight is 230 g/mol. The van der Waals surface area contributed by atoms with E-state index in [2.05, 4.69) is 20.8 Å². The van der Waals surface area contributed by atoms with E-state index in [1.54, 1.807) is 0 Å². The molecule has 0 aromatic heterocycles. The topological polar surface area (TPSA) is 46.5 Å². The highest BCUT2D eigenvalue weighted by molar-refractivity contribution is 5.69. The Labute approximate surface area is 99.2 Å². The van der Waals surface area contributed by atoms with E-state index in [1.165, 1.54) is 12.8 Å². The van der Waals surface area contributed by atoms with Crippen LogP contribution in [0.3, 0.4) is 0 Å². The lowest BCUT2D eigenvalue weighted by Crippen LogP contribution is -2.16. The van der Waals surface area contributed by atoms with Crippen molar-refractivity contribution < 1.29 is 14.6 Å². The molecule has 0 aromatic carbocycles. The van der Waals surface area contributed by atoms with Crippen molar-refractivity contribution in [1.29, 1.82) is 0 Å². The van der Waals surface area contributed by atoms with Gasteiger partial charge in [-0.15, -0.1) is 0 Å². The number of esters is 1. The van der Waals surface area contributed by atoms with Crippen LogP contribution >= 0.6 is 0 Å². The fourth-order valence-corrected chi connectivity index (χ4v) is 1.80. The number of hydrogen-bond donors (Lipinski definition) is 1. The maximum Gasteiger partial charge on any atom is 0.308 e. The summed E-state index contributed by atoms with van der Waals surface area (Å²) >= 11 is 0. The van der Waals surface area contributed by atoms with Gasteiger partial charge >= 0.3 is 5.97 Å².